The molecule has 9 nitrogen and oxygen atoms in total. The standard InChI is InChI=1S/C15H21N3O3S.C6H14N2O/c1-10(13(16)20)15(22)18-12-6-4-11(5-7-12)14(21)17-8-2-3-9-19;7-6-8-4-2-1-3-5-9/h4-7,10,19H,2-3,8-9H2,1H3,(H2,16,20)(H,17,21)(H,18,22);6,9H,1-5H2,(H2,7,8). The number of aliphatic imine (C=N–C) groups is 1. The molecule has 0 aliphatic rings. The minimum Gasteiger partial charge on any atom is -0.396 e. The van der Waals surface area contributed by atoms with Gasteiger partial charge < -0.3 is 32.3 Å². The summed E-state index contributed by atoms with van der Waals surface area (Å²) in [6.07, 6.45) is 5.65. The molecule has 1 atom stereocenters. The smallest absolute Gasteiger partial charge is 0.251 e. The summed E-state index contributed by atoms with van der Waals surface area (Å²) in [6, 6.07) is 6.76. The fourth-order valence-electron chi connectivity index (χ4n) is 2.19. The number of anilines is 1. The summed E-state index contributed by atoms with van der Waals surface area (Å²) in [5.74, 6) is -1.21. The molecule has 0 spiro atoms. The van der Waals surface area contributed by atoms with Gasteiger partial charge >= 0.3 is 0 Å². The van der Waals surface area contributed by atoms with Gasteiger partial charge in [-0.05, 0) is 63.3 Å². The second kappa shape index (κ2) is 18.2. The molecule has 1 rings (SSSR count). The number of unbranched alkanes of at least 4 members (excludes halogenated alkanes) is 3. The summed E-state index contributed by atoms with van der Waals surface area (Å²) in [5.41, 5.74) is 11.4. The maximum atomic E-state index is 11.9. The molecule has 10 heteroatoms. The summed E-state index contributed by atoms with van der Waals surface area (Å²) >= 11 is 5.09. The predicted octanol–water partition coefficient (Wildman–Crippen LogP) is 1.19. The van der Waals surface area contributed by atoms with Crippen LogP contribution in [-0.4, -0.2) is 59.7 Å². The first-order valence-corrected chi connectivity index (χ1v) is 10.7. The highest BCUT2D eigenvalue weighted by Gasteiger charge is 2.14. The third kappa shape index (κ3) is 14.1. The van der Waals surface area contributed by atoms with Gasteiger partial charge in [0.15, 0.2) is 0 Å². The van der Waals surface area contributed by atoms with E-state index in [0.29, 0.717) is 29.2 Å². The quantitative estimate of drug-likeness (QED) is 0.113. The van der Waals surface area contributed by atoms with Crippen molar-refractivity contribution in [2.45, 2.75) is 39.0 Å². The van der Waals surface area contributed by atoms with Gasteiger partial charge in [-0.3, -0.25) is 14.6 Å². The van der Waals surface area contributed by atoms with Gasteiger partial charge in [0.25, 0.3) is 5.91 Å². The van der Waals surface area contributed by atoms with Crippen LogP contribution >= 0.6 is 12.2 Å². The number of nitrogens with one attached hydrogen (secondary N) is 2. The normalized spacial score (nSPS) is 11.3. The van der Waals surface area contributed by atoms with Gasteiger partial charge in [-0.1, -0.05) is 12.2 Å². The van der Waals surface area contributed by atoms with Crippen molar-refractivity contribution in [1.82, 2.24) is 5.32 Å². The Labute approximate surface area is 189 Å². The molecule has 174 valence electrons. The van der Waals surface area contributed by atoms with E-state index >= 15 is 0 Å². The average Bonchev–Trinajstić information content (AvgIpc) is 2.77. The summed E-state index contributed by atoms with van der Waals surface area (Å²) < 4.78 is 0. The Kier molecular flexibility index (Phi) is 16.7. The van der Waals surface area contributed by atoms with Gasteiger partial charge in [-0.2, -0.15) is 0 Å². The van der Waals surface area contributed by atoms with Crippen molar-refractivity contribution in [2.24, 2.45) is 22.4 Å². The molecule has 8 N–H and O–H groups in total. The highest BCUT2D eigenvalue weighted by molar-refractivity contribution is 7.80. The Balaban J connectivity index is 0.000000842. The number of benzene rings is 1. The first kappa shape index (κ1) is 28.4. The number of nitrogens with two attached hydrogens (primary N) is 2. The molecule has 1 unspecified atom stereocenters. The van der Waals surface area contributed by atoms with Crippen LogP contribution in [0.4, 0.5) is 5.69 Å². The van der Waals surface area contributed by atoms with E-state index in [1.54, 1.807) is 31.2 Å². The Morgan fingerprint density at radius 1 is 1.10 bits per heavy atom. The first-order valence-electron chi connectivity index (χ1n) is 10.3. The topological polar surface area (TPSA) is 163 Å². The number of carbonyl (C=O) groups excluding carboxylic acids is 2. The van der Waals surface area contributed by atoms with Crippen LogP contribution in [0.3, 0.4) is 0 Å². The molecule has 0 heterocycles. The number of amides is 2. The van der Waals surface area contributed by atoms with Crippen LogP contribution in [0.15, 0.2) is 29.3 Å². The number of rotatable bonds is 13. The number of hydrogen-bond acceptors (Lipinski definition) is 6. The number of carbonyl (C=O) groups is 2. The lowest BCUT2D eigenvalue weighted by molar-refractivity contribution is -0.119. The molecular formula is C21H35N5O4S. The molecule has 0 fully saturated rings. The van der Waals surface area contributed by atoms with Crippen LogP contribution in [0.5, 0.6) is 0 Å². The average molecular weight is 454 g/mol. The van der Waals surface area contributed by atoms with E-state index in [1.807, 2.05) is 0 Å². The molecule has 0 bridgehead atoms. The van der Waals surface area contributed by atoms with Crippen LogP contribution in [0, 0.1) is 5.92 Å². The molecule has 2 amide bonds. The van der Waals surface area contributed by atoms with Crippen molar-refractivity contribution >= 4 is 41.0 Å². The van der Waals surface area contributed by atoms with E-state index in [2.05, 4.69) is 15.6 Å². The van der Waals surface area contributed by atoms with Crippen LogP contribution in [-0.2, 0) is 4.79 Å². The van der Waals surface area contributed by atoms with Crippen LogP contribution in [0.1, 0.15) is 49.4 Å². The Morgan fingerprint density at radius 2 is 1.71 bits per heavy atom. The summed E-state index contributed by atoms with van der Waals surface area (Å²) in [5, 5.41) is 22.7. The van der Waals surface area contributed by atoms with Crippen LogP contribution in [0.25, 0.3) is 0 Å². The second-order valence-electron chi connectivity index (χ2n) is 6.72. The minimum absolute atomic E-state index is 0.125. The summed E-state index contributed by atoms with van der Waals surface area (Å²) in [7, 11) is 0. The van der Waals surface area contributed by atoms with Gasteiger partial charge in [0.2, 0.25) is 5.91 Å². The molecule has 0 aromatic heterocycles. The van der Waals surface area contributed by atoms with Crippen LogP contribution in [0.2, 0.25) is 0 Å². The minimum atomic E-state index is -0.551. The Hall–Kier alpha value is -2.56. The summed E-state index contributed by atoms with van der Waals surface area (Å²) in [4.78, 5) is 27.1. The van der Waals surface area contributed by atoms with E-state index in [0.717, 1.165) is 32.2 Å². The maximum absolute atomic E-state index is 11.9. The number of thiocarbonyl (C=S) groups is 1. The third-order valence-corrected chi connectivity index (χ3v) is 4.61. The number of hydrogen-bond donors (Lipinski definition) is 6. The van der Waals surface area contributed by atoms with E-state index in [4.69, 9.17) is 33.9 Å². The van der Waals surface area contributed by atoms with Gasteiger partial charge in [-0.15, -0.1) is 0 Å². The predicted molar refractivity (Wildman–Crippen MR) is 128 cm³/mol. The third-order valence-electron chi connectivity index (χ3n) is 4.16. The molecule has 0 radical (unpaired) electrons. The molecule has 1 aromatic carbocycles. The number of aliphatic hydroxyl groups is 2. The number of aliphatic hydroxyl groups excluding tert-OH is 2. The van der Waals surface area contributed by atoms with E-state index < -0.39 is 11.8 Å². The molecule has 1 aromatic rings. The molecule has 0 aliphatic heterocycles. The Morgan fingerprint density at radius 3 is 2.26 bits per heavy atom. The number of nitrogens with zero attached hydrogens (tertiary/aromatic N) is 1. The molecular weight excluding hydrogens is 418 g/mol. The fraction of sp³-hybridized carbons (Fsp3) is 0.524. The van der Waals surface area contributed by atoms with Gasteiger partial charge in [0.05, 0.1) is 17.2 Å². The molecule has 0 aliphatic carbocycles. The Bertz CT molecular complexity index is 683. The van der Waals surface area contributed by atoms with Crippen molar-refractivity contribution < 1.29 is 19.8 Å². The lowest BCUT2D eigenvalue weighted by Gasteiger charge is -2.12. The first-order chi connectivity index (χ1) is 14.9. The second-order valence-corrected chi connectivity index (χ2v) is 7.16. The highest BCUT2D eigenvalue weighted by Crippen LogP contribution is 2.12. The lowest BCUT2D eigenvalue weighted by atomic mass is 10.1. The molecule has 31 heavy (non-hydrogen) atoms. The van der Waals surface area contributed by atoms with Crippen molar-refractivity contribution in [3.63, 3.8) is 0 Å². The van der Waals surface area contributed by atoms with Gasteiger partial charge in [-0.25, -0.2) is 0 Å². The SMILES string of the molecule is CC(C(N)=O)C(=S)Nc1ccc(C(=O)NCCCCO)cc1.NC=NCCCCCO. The van der Waals surface area contributed by atoms with Gasteiger partial charge in [0, 0.05) is 37.6 Å². The fourth-order valence-corrected chi connectivity index (χ4v) is 2.43. The van der Waals surface area contributed by atoms with Crippen molar-refractivity contribution in [3.8, 4) is 0 Å². The maximum Gasteiger partial charge on any atom is 0.251 e. The largest absolute Gasteiger partial charge is 0.396 e. The van der Waals surface area contributed by atoms with E-state index in [9.17, 15) is 9.59 Å². The van der Waals surface area contributed by atoms with Crippen molar-refractivity contribution in [2.75, 3.05) is 31.6 Å². The lowest BCUT2D eigenvalue weighted by Crippen LogP contribution is -2.30. The van der Waals surface area contributed by atoms with Crippen molar-refractivity contribution in [1.29, 1.82) is 0 Å². The zero-order valence-electron chi connectivity index (χ0n) is 18.0. The molecule has 0 saturated carbocycles. The number of primary amides is 1. The van der Waals surface area contributed by atoms with E-state index in [-0.39, 0.29) is 19.1 Å². The zero-order chi connectivity index (χ0) is 23.5. The monoisotopic (exact) mass is 453 g/mol. The highest BCUT2D eigenvalue weighted by atomic mass is 32.1. The van der Waals surface area contributed by atoms with E-state index in [1.165, 1.54) is 6.34 Å². The zero-order valence-corrected chi connectivity index (χ0v) is 18.9. The molecule has 0 saturated heterocycles. The van der Waals surface area contributed by atoms with Crippen molar-refractivity contribution in [3.05, 3.63) is 29.8 Å². The van der Waals surface area contributed by atoms with Crippen LogP contribution < -0.4 is 22.1 Å². The van der Waals surface area contributed by atoms with Gasteiger partial charge in [0.1, 0.15) is 0 Å². The summed E-state index contributed by atoms with van der Waals surface area (Å²) in [6.45, 7) is 3.36.